The van der Waals surface area contributed by atoms with Gasteiger partial charge < -0.3 is 10.1 Å². The molecule has 0 saturated heterocycles. The zero-order valence-electron chi connectivity index (χ0n) is 14.3. The second kappa shape index (κ2) is 7.48. The minimum Gasteiger partial charge on any atom is -0.376 e. The fourth-order valence-electron chi connectivity index (χ4n) is 4.16. The van der Waals surface area contributed by atoms with Gasteiger partial charge in [0.1, 0.15) is 0 Å². The van der Waals surface area contributed by atoms with E-state index < -0.39 is 0 Å². The van der Waals surface area contributed by atoms with Gasteiger partial charge in [0.05, 0.1) is 5.60 Å². The lowest BCUT2D eigenvalue weighted by molar-refractivity contribution is -0.123. The van der Waals surface area contributed by atoms with Crippen LogP contribution in [-0.2, 0) is 22.4 Å². The van der Waals surface area contributed by atoms with Gasteiger partial charge in [-0.2, -0.15) is 0 Å². The molecule has 0 bridgehead atoms. The second-order valence-electron chi connectivity index (χ2n) is 7.33. The second-order valence-corrected chi connectivity index (χ2v) is 7.33. The van der Waals surface area contributed by atoms with Crippen molar-refractivity contribution >= 4 is 5.91 Å². The fraction of sp³-hybridized carbons (Fsp3) is 0.650. The Kier molecular flexibility index (Phi) is 5.37. The fourth-order valence-corrected chi connectivity index (χ4v) is 4.16. The molecule has 126 valence electrons. The van der Waals surface area contributed by atoms with E-state index in [-0.39, 0.29) is 11.5 Å². The molecule has 0 aliphatic heterocycles. The van der Waals surface area contributed by atoms with Crippen LogP contribution in [0.2, 0.25) is 0 Å². The van der Waals surface area contributed by atoms with Crippen molar-refractivity contribution < 1.29 is 9.53 Å². The van der Waals surface area contributed by atoms with Gasteiger partial charge in [0.25, 0.3) is 0 Å². The first-order valence-electron chi connectivity index (χ1n) is 9.09. The van der Waals surface area contributed by atoms with Gasteiger partial charge in [-0.3, -0.25) is 4.79 Å². The summed E-state index contributed by atoms with van der Waals surface area (Å²) in [6.45, 7) is 0.613. The summed E-state index contributed by atoms with van der Waals surface area (Å²) in [5.41, 5.74) is 2.45. The van der Waals surface area contributed by atoms with E-state index in [0.717, 1.165) is 25.2 Å². The minimum absolute atomic E-state index is 0.183. The number of carbonyl (C=O) groups is 1. The lowest BCUT2D eigenvalue weighted by Crippen LogP contribution is -2.45. The maximum absolute atomic E-state index is 12.2. The van der Waals surface area contributed by atoms with E-state index in [9.17, 15) is 4.79 Å². The highest BCUT2D eigenvalue weighted by atomic mass is 16.5. The highest BCUT2D eigenvalue weighted by molar-refractivity contribution is 5.76. The number of benzene rings is 1. The number of ether oxygens (including phenoxy) is 1. The number of amides is 1. The molecule has 1 aromatic carbocycles. The highest BCUT2D eigenvalue weighted by Crippen LogP contribution is 2.32. The van der Waals surface area contributed by atoms with Crippen molar-refractivity contribution in [3.05, 3.63) is 35.4 Å². The molecule has 0 spiro atoms. The van der Waals surface area contributed by atoms with Crippen molar-refractivity contribution in [2.75, 3.05) is 13.7 Å². The molecule has 23 heavy (non-hydrogen) atoms. The Morgan fingerprint density at radius 2 is 1.83 bits per heavy atom. The molecule has 3 nitrogen and oxygen atoms in total. The average molecular weight is 315 g/mol. The van der Waals surface area contributed by atoms with E-state index in [4.69, 9.17) is 4.74 Å². The minimum atomic E-state index is -0.260. The van der Waals surface area contributed by atoms with Crippen molar-refractivity contribution in [2.45, 2.75) is 63.4 Å². The molecule has 0 aromatic heterocycles. The molecule has 1 N–H and O–H groups in total. The van der Waals surface area contributed by atoms with Crippen LogP contribution in [0.3, 0.4) is 0 Å². The number of methoxy groups -OCH3 is 1. The predicted octanol–water partition coefficient (Wildman–Crippen LogP) is 3.65. The quantitative estimate of drug-likeness (QED) is 0.870. The number of carbonyl (C=O) groups excluding carboxylic acids is 1. The van der Waals surface area contributed by atoms with Crippen molar-refractivity contribution in [2.24, 2.45) is 5.92 Å². The Hall–Kier alpha value is -1.35. The molecule has 3 rings (SSSR count). The summed E-state index contributed by atoms with van der Waals surface area (Å²) >= 11 is 0. The molecule has 1 aromatic rings. The average Bonchev–Trinajstić information content (AvgIpc) is 2.98. The van der Waals surface area contributed by atoms with Gasteiger partial charge in [-0.1, -0.05) is 56.4 Å². The number of hydrogen-bond donors (Lipinski definition) is 1. The van der Waals surface area contributed by atoms with Crippen LogP contribution < -0.4 is 5.32 Å². The zero-order chi connectivity index (χ0) is 16.1. The Bertz CT molecular complexity index is 509. The first kappa shape index (κ1) is 16.5. The molecular weight excluding hydrogens is 286 g/mol. The van der Waals surface area contributed by atoms with Gasteiger partial charge in [0, 0.05) is 32.9 Å². The zero-order valence-corrected chi connectivity index (χ0v) is 14.3. The van der Waals surface area contributed by atoms with Crippen LogP contribution in [-0.4, -0.2) is 25.2 Å². The molecule has 0 unspecified atom stereocenters. The van der Waals surface area contributed by atoms with Gasteiger partial charge in [0.2, 0.25) is 5.91 Å². The van der Waals surface area contributed by atoms with E-state index in [1.165, 1.54) is 43.2 Å². The number of hydrogen-bond acceptors (Lipinski definition) is 2. The number of nitrogens with one attached hydrogen (secondary N) is 1. The van der Waals surface area contributed by atoms with Gasteiger partial charge >= 0.3 is 0 Å². The molecule has 0 radical (unpaired) electrons. The Morgan fingerprint density at radius 1 is 1.17 bits per heavy atom. The van der Waals surface area contributed by atoms with Gasteiger partial charge in [-0.25, -0.2) is 0 Å². The third kappa shape index (κ3) is 4.14. The number of rotatable bonds is 6. The Balaban J connectivity index is 1.46. The van der Waals surface area contributed by atoms with Gasteiger partial charge in [-0.15, -0.1) is 0 Å². The van der Waals surface area contributed by atoms with Crippen LogP contribution in [0, 0.1) is 5.92 Å². The first-order chi connectivity index (χ1) is 11.2. The topological polar surface area (TPSA) is 38.3 Å². The van der Waals surface area contributed by atoms with Crippen molar-refractivity contribution in [3.8, 4) is 0 Å². The van der Waals surface area contributed by atoms with Crippen molar-refractivity contribution in [1.82, 2.24) is 5.32 Å². The Labute approximate surface area is 139 Å². The molecule has 1 fully saturated rings. The van der Waals surface area contributed by atoms with Gasteiger partial charge in [-0.05, 0) is 23.5 Å². The van der Waals surface area contributed by atoms with E-state index in [1.54, 1.807) is 7.11 Å². The molecule has 0 heterocycles. The molecule has 2 aliphatic rings. The highest BCUT2D eigenvalue weighted by Gasteiger charge is 2.37. The van der Waals surface area contributed by atoms with E-state index >= 15 is 0 Å². The Morgan fingerprint density at radius 3 is 2.43 bits per heavy atom. The maximum Gasteiger partial charge on any atom is 0.220 e. The van der Waals surface area contributed by atoms with Crippen LogP contribution >= 0.6 is 0 Å². The first-order valence-corrected chi connectivity index (χ1v) is 9.09. The maximum atomic E-state index is 12.2. The molecular formula is C20H29NO2. The van der Waals surface area contributed by atoms with Gasteiger partial charge in [0.15, 0.2) is 0 Å². The summed E-state index contributed by atoms with van der Waals surface area (Å²) in [6, 6.07) is 8.49. The molecule has 2 aliphatic carbocycles. The molecule has 0 atom stereocenters. The summed E-state index contributed by atoms with van der Waals surface area (Å²) in [6.07, 6.45) is 10.2. The third-order valence-corrected chi connectivity index (χ3v) is 5.69. The summed E-state index contributed by atoms with van der Waals surface area (Å²) in [7, 11) is 1.76. The normalized spacial score (nSPS) is 20.2. The lowest BCUT2D eigenvalue weighted by Gasteiger charge is -2.28. The van der Waals surface area contributed by atoms with Crippen LogP contribution in [0.4, 0.5) is 0 Å². The monoisotopic (exact) mass is 315 g/mol. The summed E-state index contributed by atoms with van der Waals surface area (Å²) in [5.74, 6) is 0.949. The largest absolute Gasteiger partial charge is 0.376 e. The van der Waals surface area contributed by atoms with E-state index in [1.807, 2.05) is 0 Å². The smallest absolute Gasteiger partial charge is 0.220 e. The number of fused-ring (bicyclic) bond motifs is 1. The van der Waals surface area contributed by atoms with Crippen LogP contribution in [0.1, 0.15) is 56.1 Å². The van der Waals surface area contributed by atoms with Crippen molar-refractivity contribution in [1.29, 1.82) is 0 Å². The van der Waals surface area contributed by atoms with Crippen LogP contribution in [0.25, 0.3) is 0 Å². The van der Waals surface area contributed by atoms with E-state index in [2.05, 4.69) is 29.6 Å². The van der Waals surface area contributed by atoms with Crippen LogP contribution in [0.15, 0.2) is 24.3 Å². The predicted molar refractivity (Wildman–Crippen MR) is 92.4 cm³/mol. The summed E-state index contributed by atoms with van der Waals surface area (Å²) < 4.78 is 5.81. The summed E-state index contributed by atoms with van der Waals surface area (Å²) in [4.78, 5) is 12.2. The SMILES string of the molecule is COC1(CNC(=O)CCC2CCCCC2)Cc2ccccc2C1. The molecule has 3 heteroatoms. The standard InChI is InChI=1S/C20H29NO2/c1-23-20(13-17-9-5-6-10-18(17)14-20)15-21-19(22)12-11-16-7-3-2-4-8-16/h5-6,9-10,16H,2-4,7-8,11-15H2,1H3,(H,21,22). The lowest BCUT2D eigenvalue weighted by atomic mass is 9.86. The summed E-state index contributed by atoms with van der Waals surface area (Å²) in [5, 5.41) is 3.13. The van der Waals surface area contributed by atoms with Crippen molar-refractivity contribution in [3.63, 3.8) is 0 Å². The molecule has 1 amide bonds. The molecule has 1 saturated carbocycles. The van der Waals surface area contributed by atoms with E-state index in [0.29, 0.717) is 13.0 Å². The van der Waals surface area contributed by atoms with Crippen LogP contribution in [0.5, 0.6) is 0 Å². The third-order valence-electron chi connectivity index (χ3n) is 5.69.